The maximum Gasteiger partial charge on any atom is 0.236 e. The minimum Gasteiger partial charge on any atom is -0.379 e. The Kier molecular flexibility index (Phi) is 6.70. The van der Waals surface area contributed by atoms with Crippen LogP contribution in [0.2, 0.25) is 0 Å². The van der Waals surface area contributed by atoms with Gasteiger partial charge in [0.05, 0.1) is 43.2 Å². The maximum atomic E-state index is 12.8. The largest absolute Gasteiger partial charge is 0.379 e. The van der Waals surface area contributed by atoms with E-state index in [-0.39, 0.29) is 17.4 Å². The molecule has 3 aliphatic rings. The van der Waals surface area contributed by atoms with Crippen LogP contribution in [-0.2, 0) is 27.3 Å². The number of aromatic nitrogens is 1. The Morgan fingerprint density at radius 2 is 1.81 bits per heavy atom. The zero-order chi connectivity index (χ0) is 22.9. The Hall–Kier alpha value is -2.21. The SMILES string of the molecule is CC(C)c1nc(N2CCN(C(=O)CN3CCOCC3)CC2)c(C#N)c2c1COC(C)(C)C2. The number of nitrogens with zero attached hydrogens (tertiary/aromatic N) is 5. The molecule has 2 saturated heterocycles. The molecule has 0 bridgehead atoms. The van der Waals surface area contributed by atoms with E-state index in [0.29, 0.717) is 64.5 Å². The van der Waals surface area contributed by atoms with Crippen molar-refractivity contribution < 1.29 is 14.3 Å². The Balaban J connectivity index is 1.52. The molecule has 0 saturated carbocycles. The van der Waals surface area contributed by atoms with Gasteiger partial charge in [0.1, 0.15) is 11.9 Å². The summed E-state index contributed by atoms with van der Waals surface area (Å²) in [5.74, 6) is 1.19. The van der Waals surface area contributed by atoms with Crippen LogP contribution >= 0.6 is 0 Å². The van der Waals surface area contributed by atoms with E-state index >= 15 is 0 Å². The van der Waals surface area contributed by atoms with E-state index in [1.165, 1.54) is 0 Å². The first kappa shape index (κ1) is 23.0. The third-order valence-corrected chi connectivity index (χ3v) is 6.69. The molecule has 4 heterocycles. The molecule has 0 N–H and O–H groups in total. The molecule has 1 aromatic heterocycles. The van der Waals surface area contributed by atoms with Gasteiger partial charge in [-0.2, -0.15) is 5.26 Å². The van der Waals surface area contributed by atoms with Crippen LogP contribution in [0.4, 0.5) is 5.82 Å². The Labute approximate surface area is 191 Å². The smallest absolute Gasteiger partial charge is 0.236 e. The highest BCUT2D eigenvalue weighted by Gasteiger charge is 2.34. The van der Waals surface area contributed by atoms with Crippen LogP contribution in [0, 0.1) is 11.3 Å². The molecule has 0 aliphatic carbocycles. The molecule has 0 unspecified atom stereocenters. The number of amides is 1. The minimum atomic E-state index is -0.296. The third kappa shape index (κ3) is 4.75. The van der Waals surface area contributed by atoms with Gasteiger partial charge in [-0.3, -0.25) is 9.69 Å². The van der Waals surface area contributed by atoms with E-state index in [1.54, 1.807) is 0 Å². The zero-order valence-electron chi connectivity index (χ0n) is 19.8. The fraction of sp³-hybridized carbons (Fsp3) is 0.708. The van der Waals surface area contributed by atoms with E-state index in [2.05, 4.69) is 43.6 Å². The van der Waals surface area contributed by atoms with Crippen LogP contribution in [0.1, 0.15) is 56.0 Å². The van der Waals surface area contributed by atoms with Gasteiger partial charge < -0.3 is 19.3 Å². The molecule has 0 radical (unpaired) electrons. The third-order valence-electron chi connectivity index (χ3n) is 6.69. The van der Waals surface area contributed by atoms with Crippen LogP contribution in [0.25, 0.3) is 0 Å². The molecular formula is C24H35N5O3. The Bertz CT molecular complexity index is 894. The number of morpholine rings is 1. The fourth-order valence-electron chi connectivity index (χ4n) is 4.82. The monoisotopic (exact) mass is 441 g/mol. The second-order valence-electron chi connectivity index (χ2n) is 9.90. The minimum absolute atomic E-state index is 0.173. The van der Waals surface area contributed by atoms with Gasteiger partial charge in [-0.1, -0.05) is 13.8 Å². The molecule has 4 rings (SSSR count). The van der Waals surface area contributed by atoms with Crippen molar-refractivity contribution in [1.82, 2.24) is 14.8 Å². The summed E-state index contributed by atoms with van der Waals surface area (Å²) in [6.45, 7) is 15.1. The fourth-order valence-corrected chi connectivity index (χ4v) is 4.82. The van der Waals surface area contributed by atoms with Crippen molar-refractivity contribution in [3.8, 4) is 6.07 Å². The van der Waals surface area contributed by atoms with E-state index < -0.39 is 0 Å². The van der Waals surface area contributed by atoms with Crippen LogP contribution in [0.3, 0.4) is 0 Å². The summed E-state index contributed by atoms with van der Waals surface area (Å²) in [4.78, 5) is 24.1. The molecule has 3 aliphatic heterocycles. The number of rotatable bonds is 4. The predicted molar refractivity (Wildman–Crippen MR) is 122 cm³/mol. The number of ether oxygens (including phenoxy) is 2. The van der Waals surface area contributed by atoms with Crippen LogP contribution in [-0.4, -0.2) is 85.3 Å². The van der Waals surface area contributed by atoms with Crippen molar-refractivity contribution in [3.05, 3.63) is 22.4 Å². The molecule has 8 nitrogen and oxygen atoms in total. The normalized spacial score (nSPS) is 21.4. The number of hydrogen-bond acceptors (Lipinski definition) is 7. The van der Waals surface area contributed by atoms with E-state index in [1.807, 2.05) is 4.90 Å². The molecule has 8 heteroatoms. The number of anilines is 1. The number of pyridine rings is 1. The first-order valence-electron chi connectivity index (χ1n) is 11.7. The summed E-state index contributed by atoms with van der Waals surface area (Å²) in [5.41, 5.74) is 3.57. The van der Waals surface area contributed by atoms with Gasteiger partial charge in [0.25, 0.3) is 0 Å². The summed E-state index contributed by atoms with van der Waals surface area (Å²) in [6, 6.07) is 2.45. The van der Waals surface area contributed by atoms with Gasteiger partial charge in [0.15, 0.2) is 0 Å². The predicted octanol–water partition coefficient (Wildman–Crippen LogP) is 1.91. The number of fused-ring (bicyclic) bond motifs is 1. The lowest BCUT2D eigenvalue weighted by Crippen LogP contribution is -2.52. The molecule has 0 atom stereocenters. The van der Waals surface area contributed by atoms with Crippen molar-refractivity contribution in [2.24, 2.45) is 0 Å². The number of nitriles is 1. The molecule has 174 valence electrons. The van der Waals surface area contributed by atoms with E-state index in [0.717, 1.165) is 35.7 Å². The highest BCUT2D eigenvalue weighted by atomic mass is 16.5. The van der Waals surface area contributed by atoms with Gasteiger partial charge in [-0.05, 0) is 25.3 Å². The van der Waals surface area contributed by atoms with Crippen LogP contribution in [0.15, 0.2) is 0 Å². The van der Waals surface area contributed by atoms with Crippen molar-refractivity contribution in [2.75, 3.05) is 63.9 Å². The highest BCUT2D eigenvalue weighted by molar-refractivity contribution is 5.78. The molecule has 32 heavy (non-hydrogen) atoms. The first-order valence-corrected chi connectivity index (χ1v) is 11.7. The highest BCUT2D eigenvalue weighted by Crippen LogP contribution is 2.37. The lowest BCUT2D eigenvalue weighted by molar-refractivity contribution is -0.133. The Morgan fingerprint density at radius 1 is 1.12 bits per heavy atom. The number of piperazine rings is 1. The Morgan fingerprint density at radius 3 is 2.44 bits per heavy atom. The molecular weight excluding hydrogens is 406 g/mol. The average Bonchev–Trinajstić information content (AvgIpc) is 2.78. The standard InChI is InChI=1S/C24H35N5O3/c1-17(2)22-20-16-32-24(3,4)13-18(20)19(14-25)23(26-22)29-7-5-28(6-8-29)21(30)15-27-9-11-31-12-10-27/h17H,5-13,15-16H2,1-4H3. The topological polar surface area (TPSA) is 81.9 Å². The van der Waals surface area contributed by atoms with E-state index in [4.69, 9.17) is 14.5 Å². The van der Waals surface area contributed by atoms with Crippen molar-refractivity contribution in [2.45, 2.75) is 52.2 Å². The van der Waals surface area contributed by atoms with Crippen LogP contribution in [0.5, 0.6) is 0 Å². The maximum absolute atomic E-state index is 12.8. The molecule has 0 aromatic carbocycles. The van der Waals surface area contributed by atoms with Gasteiger partial charge in [0.2, 0.25) is 5.91 Å². The quantitative estimate of drug-likeness (QED) is 0.706. The number of carbonyl (C=O) groups excluding carboxylic acids is 1. The van der Waals surface area contributed by atoms with Crippen molar-refractivity contribution >= 4 is 11.7 Å². The second-order valence-corrected chi connectivity index (χ2v) is 9.90. The summed E-state index contributed by atoms with van der Waals surface area (Å²) in [6.07, 6.45) is 0.707. The van der Waals surface area contributed by atoms with Gasteiger partial charge >= 0.3 is 0 Å². The first-order chi connectivity index (χ1) is 15.3. The average molecular weight is 442 g/mol. The summed E-state index contributed by atoms with van der Waals surface area (Å²) >= 11 is 0. The lowest BCUT2D eigenvalue weighted by atomic mass is 9.86. The van der Waals surface area contributed by atoms with Gasteiger partial charge in [-0.15, -0.1) is 0 Å². The zero-order valence-corrected chi connectivity index (χ0v) is 19.8. The summed E-state index contributed by atoms with van der Waals surface area (Å²) in [5, 5.41) is 10.1. The second kappa shape index (κ2) is 9.34. The molecule has 2 fully saturated rings. The van der Waals surface area contributed by atoms with Crippen molar-refractivity contribution in [3.63, 3.8) is 0 Å². The van der Waals surface area contributed by atoms with E-state index in [9.17, 15) is 10.1 Å². The molecule has 1 amide bonds. The van der Waals surface area contributed by atoms with Crippen LogP contribution < -0.4 is 4.90 Å². The lowest BCUT2D eigenvalue weighted by Gasteiger charge is -2.39. The summed E-state index contributed by atoms with van der Waals surface area (Å²) < 4.78 is 11.4. The van der Waals surface area contributed by atoms with Crippen molar-refractivity contribution in [1.29, 1.82) is 5.26 Å². The summed E-state index contributed by atoms with van der Waals surface area (Å²) in [7, 11) is 0. The molecule has 0 spiro atoms. The van der Waals surface area contributed by atoms with Gasteiger partial charge in [0, 0.05) is 51.3 Å². The molecule has 1 aromatic rings. The van der Waals surface area contributed by atoms with Gasteiger partial charge in [-0.25, -0.2) is 4.98 Å². The number of carbonyl (C=O) groups is 1. The number of hydrogen-bond donors (Lipinski definition) is 0.